The normalized spacial score (nSPS) is 11.7. The summed E-state index contributed by atoms with van der Waals surface area (Å²) in [6, 6.07) is 0. The molecule has 0 saturated carbocycles. The van der Waals surface area contributed by atoms with E-state index in [9.17, 15) is 22.8 Å². The van der Waals surface area contributed by atoms with Crippen LogP contribution in [0.5, 0.6) is 0 Å². The van der Waals surface area contributed by atoms with Gasteiger partial charge in [-0.25, -0.2) is 9.59 Å². The van der Waals surface area contributed by atoms with Crippen LogP contribution in [0.1, 0.15) is 20.8 Å². The van der Waals surface area contributed by atoms with Crippen LogP contribution in [-0.2, 0) is 38.7 Å². The van der Waals surface area contributed by atoms with Crippen LogP contribution in [0.25, 0.3) is 0 Å². The van der Waals surface area contributed by atoms with Crippen molar-refractivity contribution in [3.05, 3.63) is 24.3 Å². The maximum absolute atomic E-state index is 12.0. The van der Waals surface area contributed by atoms with Gasteiger partial charge in [0.15, 0.2) is 0 Å². The third-order valence-corrected chi connectivity index (χ3v) is 3.98. The van der Waals surface area contributed by atoms with Gasteiger partial charge in [-0.2, -0.15) is 8.42 Å². The second kappa shape index (κ2) is 12.4. The van der Waals surface area contributed by atoms with E-state index >= 15 is 0 Å². The van der Waals surface area contributed by atoms with E-state index in [4.69, 9.17) is 18.8 Å². The predicted molar refractivity (Wildman–Crippen MR) is 95.5 cm³/mol. The Hall–Kier alpha value is -0.940. The molecule has 0 saturated heterocycles. The molecule has 1 unspecified atom stereocenters. The van der Waals surface area contributed by atoms with Crippen molar-refractivity contribution in [2.75, 3.05) is 19.8 Å². The molecule has 0 aromatic rings. The Labute approximate surface area is 182 Å². The summed E-state index contributed by atoms with van der Waals surface area (Å²) in [5.74, 6) is -3.65. The Morgan fingerprint density at radius 1 is 0.923 bits per heavy atom. The van der Waals surface area contributed by atoms with Gasteiger partial charge in [0.2, 0.25) is 0 Å². The summed E-state index contributed by atoms with van der Waals surface area (Å²) < 4.78 is 45.1. The molecule has 11 heteroatoms. The molecule has 26 heavy (non-hydrogen) atoms. The number of hydrogen-bond acceptors (Lipinski definition) is 8. The number of ether oxygens (including phenoxy) is 3. The topological polar surface area (TPSA) is 133 Å². The van der Waals surface area contributed by atoms with Crippen molar-refractivity contribution in [3.8, 4) is 0 Å². The average Bonchev–Trinajstić information content (AvgIpc) is 2.50. The third-order valence-electron chi connectivity index (χ3n) is 2.83. The summed E-state index contributed by atoms with van der Waals surface area (Å²) in [7, 11) is -4.37. The Balaban J connectivity index is 0. The summed E-state index contributed by atoms with van der Waals surface area (Å²) in [6.07, 6.45) is 0. The number of carbonyl (C=O) groups is 3. The minimum absolute atomic E-state index is 0. The first-order chi connectivity index (χ1) is 11.4. The third kappa shape index (κ3) is 10.9. The van der Waals surface area contributed by atoms with Crippen molar-refractivity contribution in [2.45, 2.75) is 26.0 Å². The zero-order valence-corrected chi connectivity index (χ0v) is 15.1. The van der Waals surface area contributed by atoms with Gasteiger partial charge in [0.25, 0.3) is 10.1 Å². The maximum atomic E-state index is 12.0. The molecular weight excluding hydrogens is 396 g/mol. The van der Waals surface area contributed by atoms with Crippen LogP contribution >= 0.6 is 0 Å². The van der Waals surface area contributed by atoms with Gasteiger partial charge in [-0.3, -0.25) is 9.35 Å². The molecular formula is C15H24CaO9S. The van der Waals surface area contributed by atoms with Gasteiger partial charge in [0, 0.05) is 11.1 Å². The monoisotopic (exact) mass is 420 g/mol. The van der Waals surface area contributed by atoms with E-state index in [1.54, 1.807) is 0 Å². The molecule has 1 atom stereocenters. The van der Waals surface area contributed by atoms with Crippen molar-refractivity contribution < 1.29 is 41.6 Å². The van der Waals surface area contributed by atoms with Gasteiger partial charge < -0.3 is 14.2 Å². The fourth-order valence-corrected chi connectivity index (χ4v) is 1.43. The molecule has 0 radical (unpaired) electrons. The second-order valence-electron chi connectivity index (χ2n) is 5.41. The van der Waals surface area contributed by atoms with Crippen LogP contribution in [0.15, 0.2) is 24.3 Å². The van der Waals surface area contributed by atoms with E-state index in [1.807, 2.05) is 0 Å². The van der Waals surface area contributed by atoms with Crippen LogP contribution in [0.4, 0.5) is 0 Å². The number of carbonyl (C=O) groups excluding carboxylic acids is 3. The zero-order valence-electron chi connectivity index (χ0n) is 14.3. The van der Waals surface area contributed by atoms with E-state index in [0.29, 0.717) is 0 Å². The molecule has 0 amide bonds. The Bertz CT molecular complexity index is 624. The molecule has 0 fully saturated rings. The predicted octanol–water partition coefficient (Wildman–Crippen LogP) is -0.255. The summed E-state index contributed by atoms with van der Waals surface area (Å²) in [4.78, 5) is 34.8. The Morgan fingerprint density at radius 3 is 1.62 bits per heavy atom. The molecule has 0 heterocycles. The summed E-state index contributed by atoms with van der Waals surface area (Å²) in [5, 5.41) is -1.34. The number of hydrogen-bond donors (Lipinski definition) is 1. The van der Waals surface area contributed by atoms with E-state index in [1.165, 1.54) is 13.8 Å². The van der Waals surface area contributed by atoms with Crippen molar-refractivity contribution in [3.63, 3.8) is 0 Å². The van der Waals surface area contributed by atoms with Crippen molar-refractivity contribution >= 4 is 65.8 Å². The van der Waals surface area contributed by atoms with Gasteiger partial charge in [-0.1, -0.05) is 13.2 Å². The molecule has 0 bridgehead atoms. The van der Waals surface area contributed by atoms with Crippen LogP contribution in [0.2, 0.25) is 0 Å². The number of esters is 3. The van der Waals surface area contributed by atoms with E-state index < -0.39 is 59.0 Å². The van der Waals surface area contributed by atoms with Crippen LogP contribution < -0.4 is 0 Å². The molecule has 0 spiro atoms. The van der Waals surface area contributed by atoms with E-state index in [2.05, 4.69) is 13.2 Å². The summed E-state index contributed by atoms with van der Waals surface area (Å²) >= 11 is 0. The molecule has 1 N–H and O–H groups in total. The number of rotatable bonds is 10. The van der Waals surface area contributed by atoms with Gasteiger partial charge in [-0.15, -0.1) is 0 Å². The molecule has 0 aromatic heterocycles. The summed E-state index contributed by atoms with van der Waals surface area (Å²) in [5.41, 5.74) is 0.206. The molecule has 0 aliphatic carbocycles. The standard InChI is InChI=1S/C15H22O9S.Ca.2H/c1-9(2)13(16)23-7-12(8-24-14(17)10(3)4)15(18)22-6-11(5)25(19,20)21;;;/h11-12H,1,3,6-8H2,2,4-5H3,(H,19,20,21);;;. The van der Waals surface area contributed by atoms with Crippen molar-refractivity contribution in [1.29, 1.82) is 0 Å². The Morgan fingerprint density at radius 2 is 1.31 bits per heavy atom. The molecule has 9 nitrogen and oxygen atoms in total. The van der Waals surface area contributed by atoms with E-state index in [0.717, 1.165) is 6.92 Å². The van der Waals surface area contributed by atoms with Gasteiger partial charge in [-0.05, 0) is 20.8 Å². The first-order valence-electron chi connectivity index (χ1n) is 7.14. The molecule has 0 aliphatic rings. The van der Waals surface area contributed by atoms with Gasteiger partial charge in [0.05, 0.1) is 0 Å². The summed E-state index contributed by atoms with van der Waals surface area (Å²) in [6.45, 7) is 9.17. The molecule has 0 rings (SSSR count). The van der Waals surface area contributed by atoms with Gasteiger partial charge >= 0.3 is 55.6 Å². The molecule has 0 aromatic carbocycles. The first-order valence-corrected chi connectivity index (χ1v) is 8.64. The van der Waals surface area contributed by atoms with Crippen LogP contribution in [0, 0.1) is 5.92 Å². The Kier molecular flexibility index (Phi) is 13.1. The minimum atomic E-state index is -4.37. The first kappa shape index (κ1) is 27.3. The molecule has 0 aliphatic heterocycles. The average molecular weight is 420 g/mol. The van der Waals surface area contributed by atoms with Crippen LogP contribution in [-0.4, -0.2) is 93.7 Å². The van der Waals surface area contributed by atoms with Crippen LogP contribution in [0.3, 0.4) is 0 Å². The van der Waals surface area contributed by atoms with Crippen molar-refractivity contribution in [2.24, 2.45) is 5.92 Å². The van der Waals surface area contributed by atoms with Crippen molar-refractivity contribution in [1.82, 2.24) is 0 Å². The SMILES string of the molecule is C=C(C)C(=O)OCC(COC(=O)C(=C)C)C(=O)OCC(C)S(=O)(=O)O.[CaH2]. The fraction of sp³-hybridized carbons (Fsp3) is 0.533. The quantitative estimate of drug-likeness (QED) is 0.167. The fourth-order valence-electron chi connectivity index (χ4n) is 1.19. The van der Waals surface area contributed by atoms with Gasteiger partial charge in [0.1, 0.15) is 31.0 Å². The zero-order chi connectivity index (χ0) is 19.8. The van der Waals surface area contributed by atoms with E-state index in [-0.39, 0.29) is 48.9 Å². The second-order valence-corrected chi connectivity index (χ2v) is 7.24. The molecule has 146 valence electrons.